The predicted octanol–water partition coefficient (Wildman–Crippen LogP) is 2.10. The molecule has 1 aromatic carbocycles. The molecule has 0 atom stereocenters. The Bertz CT molecular complexity index is 605. The molecule has 0 saturated heterocycles. The van der Waals surface area contributed by atoms with Crippen LogP contribution in [-0.4, -0.2) is 17.1 Å². The van der Waals surface area contributed by atoms with Gasteiger partial charge in [-0.2, -0.15) is 0 Å². The summed E-state index contributed by atoms with van der Waals surface area (Å²) in [5.74, 6) is 6.49. The van der Waals surface area contributed by atoms with Crippen molar-refractivity contribution in [3.05, 3.63) is 41.5 Å². The maximum absolute atomic E-state index is 13.5. The lowest BCUT2D eigenvalue weighted by atomic mass is 10.2. The average molecular weight is 277 g/mol. The smallest absolute Gasteiger partial charge is 0.158 e. The number of benzene rings is 1. The minimum Gasteiger partial charge on any atom is -0.377 e. The number of halogens is 1. The highest BCUT2D eigenvalue weighted by molar-refractivity contribution is 5.59. The molecule has 0 bridgehead atoms. The molecule has 6 nitrogen and oxygen atoms in total. The van der Waals surface area contributed by atoms with Gasteiger partial charge in [-0.15, -0.1) is 0 Å². The molecular weight excluding hydrogens is 261 g/mol. The molecular formula is C13H16FN5O. The summed E-state index contributed by atoms with van der Waals surface area (Å²) in [5.41, 5.74) is 3.63. The number of aromatic nitrogens is 2. The normalized spacial score (nSPS) is 10.4. The van der Waals surface area contributed by atoms with Gasteiger partial charge >= 0.3 is 0 Å². The lowest BCUT2D eigenvalue weighted by molar-refractivity contribution is 0.178. The SMILES string of the molecule is COCc1nc(NN)cc(Nc2ccc(C)c(F)c2)n1. The number of anilines is 3. The number of ether oxygens (including phenoxy) is 1. The molecule has 2 aromatic rings. The summed E-state index contributed by atoms with van der Waals surface area (Å²) in [6.45, 7) is 1.96. The average Bonchev–Trinajstić information content (AvgIpc) is 2.43. The van der Waals surface area contributed by atoms with E-state index in [-0.39, 0.29) is 12.4 Å². The Labute approximate surface area is 116 Å². The van der Waals surface area contributed by atoms with Gasteiger partial charge in [-0.3, -0.25) is 0 Å². The molecule has 0 aliphatic rings. The molecule has 0 aliphatic heterocycles. The lowest BCUT2D eigenvalue weighted by Gasteiger charge is -2.10. The number of nitrogens with zero attached hydrogens (tertiary/aromatic N) is 2. The Morgan fingerprint density at radius 2 is 2.00 bits per heavy atom. The van der Waals surface area contributed by atoms with Crippen LogP contribution in [0.2, 0.25) is 0 Å². The molecule has 106 valence electrons. The molecule has 2 rings (SSSR count). The van der Waals surface area contributed by atoms with Gasteiger partial charge in [-0.1, -0.05) is 6.07 Å². The van der Waals surface area contributed by atoms with Crippen LogP contribution in [0.5, 0.6) is 0 Å². The van der Waals surface area contributed by atoms with Gasteiger partial charge in [-0.25, -0.2) is 20.2 Å². The zero-order valence-electron chi connectivity index (χ0n) is 11.3. The Morgan fingerprint density at radius 3 is 2.65 bits per heavy atom. The van der Waals surface area contributed by atoms with Crippen molar-refractivity contribution in [1.29, 1.82) is 0 Å². The van der Waals surface area contributed by atoms with Gasteiger partial charge < -0.3 is 15.5 Å². The third-order valence-corrected chi connectivity index (χ3v) is 2.64. The van der Waals surface area contributed by atoms with Crippen molar-refractivity contribution in [2.24, 2.45) is 5.84 Å². The molecule has 0 amide bonds. The largest absolute Gasteiger partial charge is 0.377 e. The second-order valence-electron chi connectivity index (χ2n) is 4.22. The van der Waals surface area contributed by atoms with E-state index in [9.17, 15) is 4.39 Å². The topological polar surface area (TPSA) is 85.1 Å². The van der Waals surface area contributed by atoms with Crippen LogP contribution in [0.3, 0.4) is 0 Å². The highest BCUT2D eigenvalue weighted by Gasteiger charge is 2.05. The van der Waals surface area contributed by atoms with Gasteiger partial charge in [0.15, 0.2) is 5.82 Å². The van der Waals surface area contributed by atoms with Crippen molar-refractivity contribution >= 4 is 17.3 Å². The number of nitrogens with two attached hydrogens (primary N) is 1. The van der Waals surface area contributed by atoms with Crippen LogP contribution in [0.1, 0.15) is 11.4 Å². The van der Waals surface area contributed by atoms with E-state index in [2.05, 4.69) is 20.7 Å². The van der Waals surface area contributed by atoms with E-state index in [1.165, 1.54) is 6.07 Å². The number of rotatable bonds is 5. The maximum atomic E-state index is 13.5. The van der Waals surface area contributed by atoms with Gasteiger partial charge in [0.2, 0.25) is 0 Å². The molecule has 0 fully saturated rings. The predicted molar refractivity (Wildman–Crippen MR) is 75.0 cm³/mol. The van der Waals surface area contributed by atoms with E-state index in [0.717, 1.165) is 0 Å². The van der Waals surface area contributed by atoms with E-state index in [1.807, 2.05) is 0 Å². The van der Waals surface area contributed by atoms with Crippen LogP contribution in [0.4, 0.5) is 21.7 Å². The van der Waals surface area contributed by atoms with Crippen LogP contribution >= 0.6 is 0 Å². The second kappa shape index (κ2) is 6.27. The monoisotopic (exact) mass is 277 g/mol. The third-order valence-electron chi connectivity index (χ3n) is 2.64. The molecule has 0 aliphatic carbocycles. The van der Waals surface area contributed by atoms with Crippen LogP contribution in [0, 0.1) is 12.7 Å². The fraction of sp³-hybridized carbons (Fsp3) is 0.231. The van der Waals surface area contributed by atoms with Gasteiger partial charge in [-0.05, 0) is 24.6 Å². The zero-order valence-corrected chi connectivity index (χ0v) is 11.3. The first kappa shape index (κ1) is 14.2. The first-order valence-electron chi connectivity index (χ1n) is 5.99. The van der Waals surface area contributed by atoms with E-state index >= 15 is 0 Å². The number of methoxy groups -OCH3 is 1. The van der Waals surface area contributed by atoms with Crippen LogP contribution < -0.4 is 16.6 Å². The highest BCUT2D eigenvalue weighted by Crippen LogP contribution is 2.19. The molecule has 0 unspecified atom stereocenters. The van der Waals surface area contributed by atoms with Crippen LogP contribution in [-0.2, 0) is 11.3 Å². The van der Waals surface area contributed by atoms with Crippen molar-refractivity contribution in [1.82, 2.24) is 9.97 Å². The van der Waals surface area contributed by atoms with Gasteiger partial charge in [0, 0.05) is 18.9 Å². The molecule has 0 spiro atoms. The molecule has 1 heterocycles. The van der Waals surface area contributed by atoms with E-state index in [1.54, 1.807) is 32.2 Å². The summed E-state index contributed by atoms with van der Waals surface area (Å²) in [5, 5.41) is 3.00. The zero-order chi connectivity index (χ0) is 14.5. The molecule has 1 aromatic heterocycles. The Kier molecular flexibility index (Phi) is 4.44. The number of hydrogen-bond acceptors (Lipinski definition) is 6. The second-order valence-corrected chi connectivity index (χ2v) is 4.22. The Hall–Kier alpha value is -2.25. The van der Waals surface area contributed by atoms with Crippen LogP contribution in [0.25, 0.3) is 0 Å². The number of nitrogen functional groups attached to an aromatic ring is 1. The Balaban J connectivity index is 2.27. The number of hydrogen-bond donors (Lipinski definition) is 3. The van der Waals surface area contributed by atoms with E-state index in [4.69, 9.17) is 10.6 Å². The number of aryl methyl sites for hydroxylation is 1. The van der Waals surface area contributed by atoms with Crippen molar-refractivity contribution in [3.63, 3.8) is 0 Å². The highest BCUT2D eigenvalue weighted by atomic mass is 19.1. The maximum Gasteiger partial charge on any atom is 0.158 e. The molecule has 0 radical (unpaired) electrons. The Morgan fingerprint density at radius 1 is 1.25 bits per heavy atom. The third kappa shape index (κ3) is 3.40. The summed E-state index contributed by atoms with van der Waals surface area (Å²) in [6.07, 6.45) is 0. The van der Waals surface area contributed by atoms with Crippen molar-refractivity contribution < 1.29 is 9.13 Å². The minimum absolute atomic E-state index is 0.256. The summed E-state index contributed by atoms with van der Waals surface area (Å²) >= 11 is 0. The van der Waals surface area contributed by atoms with E-state index < -0.39 is 0 Å². The first-order valence-corrected chi connectivity index (χ1v) is 5.99. The minimum atomic E-state index is -0.279. The number of nitrogens with one attached hydrogen (secondary N) is 2. The summed E-state index contributed by atoms with van der Waals surface area (Å²) in [4.78, 5) is 8.38. The number of hydrazine groups is 1. The standard InChI is InChI=1S/C13H16FN5O/c1-8-3-4-9(5-10(8)14)16-11-6-12(19-15)18-13(17-11)7-20-2/h3-6H,7,15H2,1-2H3,(H2,16,17,18,19). The molecule has 7 heteroatoms. The van der Waals surface area contributed by atoms with Gasteiger partial charge in [0.1, 0.15) is 24.1 Å². The van der Waals surface area contributed by atoms with Crippen molar-refractivity contribution in [2.75, 3.05) is 17.9 Å². The summed E-state index contributed by atoms with van der Waals surface area (Å²) in [6, 6.07) is 6.49. The molecule has 20 heavy (non-hydrogen) atoms. The summed E-state index contributed by atoms with van der Waals surface area (Å²) < 4.78 is 18.5. The van der Waals surface area contributed by atoms with Crippen molar-refractivity contribution in [2.45, 2.75) is 13.5 Å². The first-order chi connectivity index (χ1) is 9.62. The molecule has 0 saturated carbocycles. The van der Waals surface area contributed by atoms with Crippen molar-refractivity contribution in [3.8, 4) is 0 Å². The fourth-order valence-electron chi connectivity index (χ4n) is 1.65. The van der Waals surface area contributed by atoms with Gasteiger partial charge in [0.05, 0.1) is 0 Å². The van der Waals surface area contributed by atoms with Gasteiger partial charge in [0.25, 0.3) is 0 Å². The van der Waals surface area contributed by atoms with Crippen LogP contribution in [0.15, 0.2) is 24.3 Å². The quantitative estimate of drug-likeness (QED) is 0.573. The fourth-order valence-corrected chi connectivity index (χ4v) is 1.65. The lowest BCUT2D eigenvalue weighted by Crippen LogP contribution is -2.11. The molecule has 4 N–H and O–H groups in total. The van der Waals surface area contributed by atoms with E-state index in [0.29, 0.717) is 28.7 Å². The summed E-state index contributed by atoms with van der Waals surface area (Å²) in [7, 11) is 1.55.